The van der Waals surface area contributed by atoms with E-state index in [9.17, 15) is 4.79 Å². The summed E-state index contributed by atoms with van der Waals surface area (Å²) in [7, 11) is 0. The number of hydrogen-bond donors (Lipinski definition) is 1. The number of nitrogens with one attached hydrogen (secondary N) is 1. The lowest BCUT2D eigenvalue weighted by Crippen LogP contribution is -2.32. The molecule has 1 unspecified atom stereocenters. The van der Waals surface area contributed by atoms with Gasteiger partial charge in [-0.25, -0.2) is 0 Å². The quantitative estimate of drug-likeness (QED) is 0.902. The molecule has 0 aromatic carbocycles. The summed E-state index contributed by atoms with van der Waals surface area (Å²) in [6.07, 6.45) is 2.29. The molecule has 1 fully saturated rings. The second-order valence-electron chi connectivity index (χ2n) is 5.46. The van der Waals surface area contributed by atoms with E-state index in [-0.39, 0.29) is 5.41 Å². The molecule has 0 aliphatic carbocycles. The summed E-state index contributed by atoms with van der Waals surface area (Å²) in [4.78, 5) is 12.6. The molecule has 1 saturated heterocycles. The zero-order valence-electron chi connectivity index (χ0n) is 11.9. The molecular weight excluding hydrogens is 306 g/mol. The summed E-state index contributed by atoms with van der Waals surface area (Å²) in [6.45, 7) is 8.75. The number of halogens is 1. The first-order chi connectivity index (χ1) is 9.01. The van der Waals surface area contributed by atoms with E-state index < -0.39 is 0 Å². The zero-order chi connectivity index (χ0) is 14.0. The van der Waals surface area contributed by atoms with Gasteiger partial charge in [0.05, 0.1) is 22.3 Å². The highest BCUT2D eigenvalue weighted by Crippen LogP contribution is 2.30. The molecule has 19 heavy (non-hydrogen) atoms. The van der Waals surface area contributed by atoms with Crippen LogP contribution < -0.4 is 5.32 Å². The van der Waals surface area contributed by atoms with Crippen LogP contribution in [0.25, 0.3) is 0 Å². The maximum atomic E-state index is 12.6. The van der Waals surface area contributed by atoms with Crippen LogP contribution in [0.1, 0.15) is 38.6 Å². The first-order valence-electron chi connectivity index (χ1n) is 7.00. The van der Waals surface area contributed by atoms with Gasteiger partial charge in [-0.15, -0.1) is 0 Å². The Hall–Kier alpha value is -0.680. The van der Waals surface area contributed by atoms with E-state index in [1.54, 1.807) is 0 Å². The van der Waals surface area contributed by atoms with Crippen LogP contribution in [0.3, 0.4) is 0 Å². The van der Waals surface area contributed by atoms with Crippen molar-refractivity contribution in [1.29, 1.82) is 0 Å². The minimum Gasteiger partial charge on any atom is -0.316 e. The van der Waals surface area contributed by atoms with Crippen molar-refractivity contribution in [3.8, 4) is 0 Å². The van der Waals surface area contributed by atoms with E-state index in [1.807, 2.05) is 4.68 Å². The topological polar surface area (TPSA) is 46.9 Å². The number of aryl methyl sites for hydroxylation is 2. The summed E-state index contributed by atoms with van der Waals surface area (Å²) < 4.78 is 2.96. The van der Waals surface area contributed by atoms with Crippen LogP contribution in [-0.2, 0) is 24.2 Å². The van der Waals surface area contributed by atoms with Crippen molar-refractivity contribution in [2.45, 2.75) is 46.6 Å². The number of carbonyl (C=O) groups excluding carboxylic acids is 1. The summed E-state index contributed by atoms with van der Waals surface area (Å²) in [6, 6.07) is 0. The SMILES string of the molecule is CCc1nn(CC)c(CC(=O)C2(C)CCNC2)c1Br. The molecule has 2 heterocycles. The number of hydrogen-bond acceptors (Lipinski definition) is 3. The average Bonchev–Trinajstić information content (AvgIpc) is 2.96. The second kappa shape index (κ2) is 5.75. The Labute approximate surface area is 123 Å². The Kier molecular flexibility index (Phi) is 4.46. The van der Waals surface area contributed by atoms with Gasteiger partial charge in [-0.3, -0.25) is 9.48 Å². The third-order valence-corrected chi connectivity index (χ3v) is 4.98. The summed E-state index contributed by atoms with van der Waals surface area (Å²) >= 11 is 3.61. The first-order valence-corrected chi connectivity index (χ1v) is 7.79. The Morgan fingerprint density at radius 2 is 2.26 bits per heavy atom. The van der Waals surface area contributed by atoms with E-state index in [0.717, 1.165) is 48.3 Å². The van der Waals surface area contributed by atoms with Crippen LogP contribution in [-0.4, -0.2) is 28.7 Å². The average molecular weight is 328 g/mol. The standard InChI is InChI=1S/C14H22BrN3O/c1-4-10-13(15)11(18(5-2)17-10)8-12(19)14(3)6-7-16-9-14/h16H,4-9H2,1-3H3. The van der Waals surface area contributed by atoms with Crippen molar-refractivity contribution in [3.63, 3.8) is 0 Å². The normalized spacial score (nSPS) is 22.9. The van der Waals surface area contributed by atoms with Crippen molar-refractivity contribution >= 4 is 21.7 Å². The van der Waals surface area contributed by atoms with Crippen molar-refractivity contribution in [2.75, 3.05) is 13.1 Å². The number of nitrogens with zero attached hydrogens (tertiary/aromatic N) is 2. The third-order valence-electron chi connectivity index (χ3n) is 4.06. The number of Topliss-reactive ketones (excluding diaryl/α,β-unsaturated/α-hetero) is 1. The highest BCUT2D eigenvalue weighted by Gasteiger charge is 2.36. The molecule has 1 aromatic rings. The summed E-state index contributed by atoms with van der Waals surface area (Å²) in [5.74, 6) is 0.315. The van der Waals surface area contributed by atoms with Crippen LogP contribution in [0, 0.1) is 5.41 Å². The van der Waals surface area contributed by atoms with Crippen molar-refractivity contribution in [3.05, 3.63) is 15.9 Å². The van der Waals surface area contributed by atoms with Gasteiger partial charge in [0, 0.05) is 18.5 Å². The zero-order valence-corrected chi connectivity index (χ0v) is 13.5. The van der Waals surface area contributed by atoms with Crippen molar-refractivity contribution in [1.82, 2.24) is 15.1 Å². The summed E-state index contributed by atoms with van der Waals surface area (Å²) in [5.41, 5.74) is 1.85. The van der Waals surface area contributed by atoms with Gasteiger partial charge in [0.1, 0.15) is 5.78 Å². The maximum Gasteiger partial charge on any atom is 0.146 e. The molecule has 1 aliphatic heterocycles. The molecule has 1 aromatic heterocycles. The van der Waals surface area contributed by atoms with Gasteiger partial charge in [-0.05, 0) is 42.2 Å². The van der Waals surface area contributed by atoms with E-state index in [4.69, 9.17) is 0 Å². The molecule has 0 saturated carbocycles. The molecular formula is C14H22BrN3O. The van der Waals surface area contributed by atoms with Gasteiger partial charge in [0.25, 0.3) is 0 Å². The number of rotatable bonds is 5. The Morgan fingerprint density at radius 3 is 2.79 bits per heavy atom. The molecule has 2 rings (SSSR count). The lowest BCUT2D eigenvalue weighted by atomic mass is 9.83. The molecule has 4 nitrogen and oxygen atoms in total. The minimum atomic E-state index is -0.214. The highest BCUT2D eigenvalue weighted by atomic mass is 79.9. The summed E-state index contributed by atoms with van der Waals surface area (Å²) in [5, 5.41) is 7.84. The van der Waals surface area contributed by atoms with Crippen LogP contribution in [0.5, 0.6) is 0 Å². The fraction of sp³-hybridized carbons (Fsp3) is 0.714. The van der Waals surface area contributed by atoms with E-state index in [2.05, 4.69) is 47.1 Å². The fourth-order valence-corrected chi connectivity index (χ4v) is 3.31. The number of aromatic nitrogens is 2. The second-order valence-corrected chi connectivity index (χ2v) is 6.26. The van der Waals surface area contributed by atoms with Gasteiger partial charge in [-0.2, -0.15) is 5.10 Å². The number of carbonyl (C=O) groups is 1. The number of ketones is 1. The van der Waals surface area contributed by atoms with Gasteiger partial charge < -0.3 is 5.32 Å². The Bertz CT molecular complexity index is 475. The predicted octanol–water partition coefficient (Wildman–Crippen LogP) is 2.34. The van der Waals surface area contributed by atoms with Gasteiger partial charge in [-0.1, -0.05) is 13.8 Å². The Balaban J connectivity index is 2.23. The molecule has 0 bridgehead atoms. The molecule has 1 N–H and O–H groups in total. The third kappa shape index (κ3) is 2.77. The molecule has 1 atom stereocenters. The largest absolute Gasteiger partial charge is 0.316 e. The van der Waals surface area contributed by atoms with E-state index in [0.29, 0.717) is 12.2 Å². The van der Waals surface area contributed by atoms with E-state index >= 15 is 0 Å². The van der Waals surface area contributed by atoms with Gasteiger partial charge in [0.2, 0.25) is 0 Å². The monoisotopic (exact) mass is 327 g/mol. The van der Waals surface area contributed by atoms with Gasteiger partial charge >= 0.3 is 0 Å². The van der Waals surface area contributed by atoms with Crippen LogP contribution in [0.2, 0.25) is 0 Å². The van der Waals surface area contributed by atoms with Gasteiger partial charge in [0.15, 0.2) is 0 Å². The molecule has 1 aliphatic rings. The van der Waals surface area contributed by atoms with Crippen LogP contribution in [0.15, 0.2) is 4.47 Å². The first kappa shape index (κ1) is 14.7. The van der Waals surface area contributed by atoms with Crippen molar-refractivity contribution in [2.24, 2.45) is 5.41 Å². The predicted molar refractivity (Wildman–Crippen MR) is 79.3 cm³/mol. The molecule has 0 amide bonds. The van der Waals surface area contributed by atoms with E-state index in [1.165, 1.54) is 0 Å². The van der Waals surface area contributed by atoms with Crippen LogP contribution in [0.4, 0.5) is 0 Å². The lowest BCUT2D eigenvalue weighted by molar-refractivity contribution is -0.126. The maximum absolute atomic E-state index is 12.6. The molecule has 0 radical (unpaired) electrons. The lowest BCUT2D eigenvalue weighted by Gasteiger charge is -2.21. The molecule has 0 spiro atoms. The van der Waals surface area contributed by atoms with Crippen molar-refractivity contribution < 1.29 is 4.79 Å². The van der Waals surface area contributed by atoms with Crippen LogP contribution >= 0.6 is 15.9 Å². The molecule has 106 valence electrons. The minimum absolute atomic E-state index is 0.214. The fourth-order valence-electron chi connectivity index (χ4n) is 2.61. The molecule has 5 heteroatoms. The highest BCUT2D eigenvalue weighted by molar-refractivity contribution is 9.10. The Morgan fingerprint density at radius 1 is 1.53 bits per heavy atom. The smallest absolute Gasteiger partial charge is 0.146 e.